The smallest absolute Gasteiger partial charge is 0.239 e. The van der Waals surface area contributed by atoms with Gasteiger partial charge in [-0.1, -0.05) is 48.5 Å². The zero-order valence-corrected chi connectivity index (χ0v) is 13.5. The molecule has 0 radical (unpaired) electrons. The normalized spacial score (nSPS) is 19.9. The van der Waals surface area contributed by atoms with Gasteiger partial charge in [-0.25, -0.2) is 0 Å². The quantitative estimate of drug-likeness (QED) is 0.846. The first kappa shape index (κ1) is 16.5. The van der Waals surface area contributed by atoms with Crippen LogP contribution >= 0.6 is 0 Å². The monoisotopic (exact) mass is 326 g/mol. The van der Waals surface area contributed by atoms with Gasteiger partial charge in [0.05, 0.1) is 31.9 Å². The van der Waals surface area contributed by atoms with Crippen LogP contribution in [0.5, 0.6) is 0 Å². The first-order chi connectivity index (χ1) is 11.7. The summed E-state index contributed by atoms with van der Waals surface area (Å²) in [6, 6.07) is 19.6. The topological polar surface area (TPSA) is 61.8 Å². The molecule has 126 valence electrons. The minimum atomic E-state index is -0.631. The van der Waals surface area contributed by atoms with Gasteiger partial charge in [0.2, 0.25) is 5.91 Å². The van der Waals surface area contributed by atoms with Crippen LogP contribution in [0.4, 0.5) is 5.69 Å². The fourth-order valence-corrected chi connectivity index (χ4v) is 2.79. The molecule has 1 aliphatic heterocycles. The Kier molecular flexibility index (Phi) is 5.46. The van der Waals surface area contributed by atoms with Crippen molar-refractivity contribution >= 4 is 11.6 Å². The van der Waals surface area contributed by atoms with Crippen LogP contribution in [-0.4, -0.2) is 42.9 Å². The summed E-state index contributed by atoms with van der Waals surface area (Å²) in [5.41, 5.74) is 2.12. The number of benzene rings is 2. The number of anilines is 1. The Morgan fingerprint density at radius 1 is 1.08 bits per heavy atom. The molecule has 0 spiro atoms. The van der Waals surface area contributed by atoms with Crippen molar-refractivity contribution in [3.05, 3.63) is 66.2 Å². The molecule has 2 aromatic rings. The fourth-order valence-electron chi connectivity index (χ4n) is 2.79. The molecule has 0 bridgehead atoms. The van der Waals surface area contributed by atoms with E-state index >= 15 is 0 Å². The molecular weight excluding hydrogens is 304 g/mol. The SMILES string of the molecule is O=C(CN(Cc1ccccc1)c1ccccc1)N[C@H]1COC[C@H]1O. The number of hydrogen-bond donors (Lipinski definition) is 2. The number of carbonyl (C=O) groups excluding carboxylic acids is 1. The van der Waals surface area contributed by atoms with Crippen molar-refractivity contribution in [2.75, 3.05) is 24.7 Å². The van der Waals surface area contributed by atoms with E-state index < -0.39 is 6.10 Å². The largest absolute Gasteiger partial charge is 0.388 e. The summed E-state index contributed by atoms with van der Waals surface area (Å²) >= 11 is 0. The van der Waals surface area contributed by atoms with Crippen LogP contribution in [0.3, 0.4) is 0 Å². The van der Waals surface area contributed by atoms with E-state index in [0.29, 0.717) is 13.2 Å². The van der Waals surface area contributed by atoms with Crippen molar-refractivity contribution in [2.45, 2.75) is 18.7 Å². The maximum atomic E-state index is 12.4. The molecule has 1 aliphatic rings. The zero-order valence-electron chi connectivity index (χ0n) is 13.5. The molecule has 0 unspecified atom stereocenters. The average Bonchev–Trinajstić information content (AvgIpc) is 3.01. The van der Waals surface area contributed by atoms with Crippen LogP contribution in [0.2, 0.25) is 0 Å². The highest BCUT2D eigenvalue weighted by atomic mass is 16.5. The summed E-state index contributed by atoms with van der Waals surface area (Å²) in [5, 5.41) is 12.6. The zero-order chi connectivity index (χ0) is 16.8. The standard InChI is InChI=1S/C19H22N2O3/c22-18-14-24-13-17(18)20-19(23)12-21(16-9-5-2-6-10-16)11-15-7-3-1-4-8-15/h1-10,17-18,22H,11-14H2,(H,20,23)/t17-,18+/m0/s1. The lowest BCUT2D eigenvalue weighted by Crippen LogP contribution is -2.46. The second-order valence-corrected chi connectivity index (χ2v) is 5.96. The summed E-state index contributed by atoms with van der Waals surface area (Å²) in [6.45, 7) is 1.50. The van der Waals surface area contributed by atoms with E-state index in [4.69, 9.17) is 4.74 Å². The van der Waals surface area contributed by atoms with Gasteiger partial charge in [0.1, 0.15) is 0 Å². The number of ether oxygens (including phenoxy) is 1. The van der Waals surface area contributed by atoms with Gasteiger partial charge in [-0.2, -0.15) is 0 Å². The van der Waals surface area contributed by atoms with Gasteiger partial charge in [-0.15, -0.1) is 0 Å². The van der Waals surface area contributed by atoms with E-state index in [9.17, 15) is 9.90 Å². The molecule has 2 N–H and O–H groups in total. The Morgan fingerprint density at radius 3 is 2.38 bits per heavy atom. The highest BCUT2D eigenvalue weighted by Crippen LogP contribution is 2.16. The molecule has 1 heterocycles. The first-order valence-electron chi connectivity index (χ1n) is 8.11. The predicted molar refractivity (Wildman–Crippen MR) is 92.7 cm³/mol. The summed E-state index contributed by atoms with van der Waals surface area (Å²) in [5.74, 6) is -0.121. The van der Waals surface area contributed by atoms with Crippen molar-refractivity contribution in [1.82, 2.24) is 5.32 Å². The number of nitrogens with zero attached hydrogens (tertiary/aromatic N) is 1. The highest BCUT2D eigenvalue weighted by molar-refractivity contribution is 5.81. The highest BCUT2D eigenvalue weighted by Gasteiger charge is 2.28. The number of aliphatic hydroxyl groups is 1. The number of para-hydroxylation sites is 1. The Morgan fingerprint density at radius 2 is 1.75 bits per heavy atom. The fraction of sp³-hybridized carbons (Fsp3) is 0.316. The van der Waals surface area contributed by atoms with Crippen molar-refractivity contribution in [3.63, 3.8) is 0 Å². The van der Waals surface area contributed by atoms with Crippen molar-refractivity contribution < 1.29 is 14.6 Å². The van der Waals surface area contributed by atoms with Crippen LogP contribution in [0.15, 0.2) is 60.7 Å². The Bertz CT molecular complexity index is 648. The molecule has 1 amide bonds. The number of hydrogen-bond acceptors (Lipinski definition) is 4. The number of rotatable bonds is 6. The Hall–Kier alpha value is -2.37. The minimum Gasteiger partial charge on any atom is -0.388 e. The molecule has 5 heteroatoms. The third kappa shape index (κ3) is 4.34. The van der Waals surface area contributed by atoms with E-state index in [-0.39, 0.29) is 25.1 Å². The second-order valence-electron chi connectivity index (χ2n) is 5.96. The minimum absolute atomic E-state index is 0.121. The van der Waals surface area contributed by atoms with E-state index in [0.717, 1.165) is 11.3 Å². The van der Waals surface area contributed by atoms with Crippen LogP contribution in [0, 0.1) is 0 Å². The number of aliphatic hydroxyl groups excluding tert-OH is 1. The maximum Gasteiger partial charge on any atom is 0.239 e. The van der Waals surface area contributed by atoms with E-state index in [1.165, 1.54) is 0 Å². The molecule has 1 fully saturated rings. The molecule has 2 aromatic carbocycles. The third-order valence-electron chi connectivity index (χ3n) is 4.07. The lowest BCUT2D eigenvalue weighted by Gasteiger charge is -2.25. The molecule has 0 aromatic heterocycles. The molecule has 24 heavy (non-hydrogen) atoms. The first-order valence-corrected chi connectivity index (χ1v) is 8.11. The average molecular weight is 326 g/mol. The summed E-state index contributed by atoms with van der Waals surface area (Å²) < 4.78 is 5.18. The second kappa shape index (κ2) is 7.95. The van der Waals surface area contributed by atoms with Gasteiger partial charge in [-0.3, -0.25) is 4.79 Å². The van der Waals surface area contributed by atoms with Gasteiger partial charge in [-0.05, 0) is 17.7 Å². The Balaban J connectivity index is 1.69. The van der Waals surface area contributed by atoms with Crippen LogP contribution < -0.4 is 10.2 Å². The Labute approximate surface area is 141 Å². The van der Waals surface area contributed by atoms with Gasteiger partial charge < -0.3 is 20.1 Å². The van der Waals surface area contributed by atoms with Gasteiger partial charge in [0.15, 0.2) is 0 Å². The molecule has 0 saturated carbocycles. The summed E-state index contributed by atoms with van der Waals surface area (Å²) in [4.78, 5) is 14.4. The van der Waals surface area contributed by atoms with E-state index in [2.05, 4.69) is 5.32 Å². The van der Waals surface area contributed by atoms with Crippen molar-refractivity contribution in [2.24, 2.45) is 0 Å². The summed E-state index contributed by atoms with van der Waals surface area (Å²) in [6.07, 6.45) is -0.631. The molecule has 0 aliphatic carbocycles. The molecule has 5 nitrogen and oxygen atoms in total. The van der Waals surface area contributed by atoms with Crippen molar-refractivity contribution in [1.29, 1.82) is 0 Å². The number of carbonyl (C=O) groups is 1. The molecule has 1 saturated heterocycles. The van der Waals surface area contributed by atoms with Gasteiger partial charge >= 0.3 is 0 Å². The summed E-state index contributed by atoms with van der Waals surface area (Å²) in [7, 11) is 0. The third-order valence-corrected chi connectivity index (χ3v) is 4.07. The molecule has 3 rings (SSSR count). The van der Waals surface area contributed by atoms with E-state index in [1.54, 1.807) is 0 Å². The predicted octanol–water partition coefficient (Wildman–Crippen LogP) is 1.57. The van der Waals surface area contributed by atoms with Gasteiger partial charge in [0.25, 0.3) is 0 Å². The molecular formula is C19H22N2O3. The van der Waals surface area contributed by atoms with Gasteiger partial charge in [0, 0.05) is 12.2 Å². The lowest BCUT2D eigenvalue weighted by molar-refractivity contribution is -0.121. The van der Waals surface area contributed by atoms with Crippen molar-refractivity contribution in [3.8, 4) is 0 Å². The maximum absolute atomic E-state index is 12.4. The lowest BCUT2D eigenvalue weighted by atomic mass is 10.2. The van der Waals surface area contributed by atoms with Crippen LogP contribution in [0.1, 0.15) is 5.56 Å². The van der Waals surface area contributed by atoms with E-state index in [1.807, 2.05) is 65.6 Å². The number of amides is 1. The van der Waals surface area contributed by atoms with Crippen LogP contribution in [-0.2, 0) is 16.1 Å². The number of nitrogens with one attached hydrogen (secondary N) is 1. The van der Waals surface area contributed by atoms with Crippen LogP contribution in [0.25, 0.3) is 0 Å². The molecule has 2 atom stereocenters.